The zero-order valence-corrected chi connectivity index (χ0v) is 14.3. The van der Waals surface area contributed by atoms with E-state index in [1.54, 1.807) is 36.7 Å². The maximum Gasteiger partial charge on any atom is 0.277 e. The number of anilines is 1. The Bertz CT molecular complexity index is 854. The van der Waals surface area contributed by atoms with Crippen molar-refractivity contribution in [3.05, 3.63) is 53.3 Å². The lowest BCUT2D eigenvalue weighted by atomic mass is 10.2. The Hall–Kier alpha value is -2.38. The first kappa shape index (κ1) is 16.5. The van der Waals surface area contributed by atoms with Gasteiger partial charge in [-0.1, -0.05) is 29.4 Å². The molecule has 1 amide bonds. The Labute approximate surface area is 147 Å². The van der Waals surface area contributed by atoms with Gasteiger partial charge in [0, 0.05) is 18.0 Å². The minimum atomic E-state index is -0.200. The third-order valence-corrected chi connectivity index (χ3v) is 4.19. The molecule has 1 N–H and O–H groups in total. The third-order valence-electron chi connectivity index (χ3n) is 3.06. The van der Waals surface area contributed by atoms with Gasteiger partial charge < -0.3 is 9.73 Å². The van der Waals surface area contributed by atoms with Crippen LogP contribution in [0.5, 0.6) is 0 Å². The molecule has 1 aromatic carbocycles. The fraction of sp³-hybridized carbons (Fsp3) is 0.125. The quantitative estimate of drug-likeness (QED) is 0.696. The molecular weight excluding hydrogens is 348 g/mol. The summed E-state index contributed by atoms with van der Waals surface area (Å²) in [6.45, 7) is 1.93. The normalized spacial score (nSPS) is 10.6. The van der Waals surface area contributed by atoms with Gasteiger partial charge in [0.15, 0.2) is 0 Å². The van der Waals surface area contributed by atoms with Crippen LogP contribution in [0.1, 0.15) is 5.56 Å². The first-order valence-electron chi connectivity index (χ1n) is 7.04. The van der Waals surface area contributed by atoms with E-state index in [0.29, 0.717) is 21.8 Å². The highest BCUT2D eigenvalue weighted by atomic mass is 35.5. The number of nitrogens with zero attached hydrogens (tertiary/aromatic N) is 3. The summed E-state index contributed by atoms with van der Waals surface area (Å²) in [5.74, 6) is 0.332. The molecule has 122 valence electrons. The first-order valence-corrected chi connectivity index (χ1v) is 8.41. The van der Waals surface area contributed by atoms with Crippen molar-refractivity contribution in [2.45, 2.75) is 12.1 Å². The standard InChI is InChI=1S/C16H13ClN4O2S/c1-10-2-3-13(12(17)8-10)19-14(22)9-24-16-21-20-15(23-16)11-4-6-18-7-5-11/h2-8H,9H2,1H3,(H,19,22). The molecule has 0 fully saturated rings. The molecule has 2 heterocycles. The molecule has 0 saturated carbocycles. The second-order valence-corrected chi connectivity index (χ2v) is 6.26. The monoisotopic (exact) mass is 360 g/mol. The van der Waals surface area contributed by atoms with Crippen LogP contribution in [0.3, 0.4) is 0 Å². The average molecular weight is 361 g/mol. The smallest absolute Gasteiger partial charge is 0.277 e. The number of amides is 1. The largest absolute Gasteiger partial charge is 0.411 e. The van der Waals surface area contributed by atoms with E-state index in [-0.39, 0.29) is 11.7 Å². The summed E-state index contributed by atoms with van der Waals surface area (Å²) in [7, 11) is 0. The van der Waals surface area contributed by atoms with E-state index < -0.39 is 0 Å². The number of nitrogens with one attached hydrogen (secondary N) is 1. The summed E-state index contributed by atoms with van der Waals surface area (Å²) in [4.78, 5) is 15.9. The molecule has 0 spiro atoms. The van der Waals surface area contributed by atoms with E-state index in [0.717, 1.165) is 22.9 Å². The van der Waals surface area contributed by atoms with Crippen LogP contribution < -0.4 is 5.32 Å². The number of carbonyl (C=O) groups is 1. The number of thioether (sulfide) groups is 1. The summed E-state index contributed by atoms with van der Waals surface area (Å²) >= 11 is 7.26. The van der Waals surface area contributed by atoms with E-state index in [1.165, 1.54) is 0 Å². The summed E-state index contributed by atoms with van der Waals surface area (Å²) in [5.41, 5.74) is 2.39. The van der Waals surface area contributed by atoms with Crippen LogP contribution in [0.4, 0.5) is 5.69 Å². The Kier molecular flexibility index (Phi) is 5.12. The molecule has 0 atom stereocenters. The van der Waals surface area contributed by atoms with E-state index in [9.17, 15) is 4.79 Å². The third kappa shape index (κ3) is 4.12. The fourth-order valence-corrected chi connectivity index (χ4v) is 2.76. The highest BCUT2D eigenvalue weighted by molar-refractivity contribution is 7.99. The molecule has 0 bridgehead atoms. The van der Waals surface area contributed by atoms with Gasteiger partial charge in [0.05, 0.1) is 16.5 Å². The molecule has 0 aliphatic carbocycles. The second-order valence-electron chi connectivity index (χ2n) is 4.93. The molecule has 6 nitrogen and oxygen atoms in total. The maximum absolute atomic E-state index is 12.0. The van der Waals surface area contributed by atoms with Crippen molar-refractivity contribution in [1.82, 2.24) is 15.2 Å². The summed E-state index contributed by atoms with van der Waals surface area (Å²) in [5, 5.41) is 11.5. The lowest BCUT2D eigenvalue weighted by Crippen LogP contribution is -2.14. The number of hydrogen-bond acceptors (Lipinski definition) is 6. The van der Waals surface area contributed by atoms with Crippen molar-refractivity contribution in [3.8, 4) is 11.5 Å². The zero-order chi connectivity index (χ0) is 16.9. The Morgan fingerprint density at radius 2 is 2.04 bits per heavy atom. The minimum absolute atomic E-state index is 0.141. The van der Waals surface area contributed by atoms with Gasteiger partial charge in [0.2, 0.25) is 11.8 Å². The van der Waals surface area contributed by atoms with E-state index in [1.807, 2.05) is 13.0 Å². The first-order chi connectivity index (χ1) is 11.6. The summed E-state index contributed by atoms with van der Waals surface area (Å²) in [6.07, 6.45) is 3.29. The number of carbonyl (C=O) groups excluding carboxylic acids is 1. The molecule has 24 heavy (non-hydrogen) atoms. The summed E-state index contributed by atoms with van der Waals surface area (Å²) < 4.78 is 5.52. The van der Waals surface area contributed by atoms with E-state index in [2.05, 4.69) is 20.5 Å². The van der Waals surface area contributed by atoms with Gasteiger partial charge in [-0.25, -0.2) is 0 Å². The van der Waals surface area contributed by atoms with Crippen LogP contribution >= 0.6 is 23.4 Å². The van der Waals surface area contributed by atoms with Crippen molar-refractivity contribution < 1.29 is 9.21 Å². The highest BCUT2D eigenvalue weighted by Crippen LogP contribution is 2.25. The topological polar surface area (TPSA) is 80.9 Å². The highest BCUT2D eigenvalue weighted by Gasteiger charge is 2.12. The van der Waals surface area contributed by atoms with Crippen molar-refractivity contribution in [3.63, 3.8) is 0 Å². The van der Waals surface area contributed by atoms with Gasteiger partial charge in [-0.05, 0) is 36.8 Å². The Morgan fingerprint density at radius 1 is 1.25 bits per heavy atom. The van der Waals surface area contributed by atoms with Crippen LogP contribution in [0.25, 0.3) is 11.5 Å². The van der Waals surface area contributed by atoms with Gasteiger partial charge in [0.25, 0.3) is 5.22 Å². The number of aryl methyl sites for hydroxylation is 1. The van der Waals surface area contributed by atoms with Crippen molar-refractivity contribution in [1.29, 1.82) is 0 Å². The maximum atomic E-state index is 12.0. The average Bonchev–Trinajstić information content (AvgIpc) is 3.05. The second kappa shape index (κ2) is 7.46. The minimum Gasteiger partial charge on any atom is -0.411 e. The Morgan fingerprint density at radius 3 is 2.79 bits per heavy atom. The van der Waals surface area contributed by atoms with Crippen LogP contribution in [0.2, 0.25) is 5.02 Å². The molecule has 0 unspecified atom stereocenters. The van der Waals surface area contributed by atoms with Gasteiger partial charge in [-0.2, -0.15) is 0 Å². The molecular formula is C16H13ClN4O2S. The molecule has 0 saturated heterocycles. The molecule has 0 aliphatic heterocycles. The van der Waals surface area contributed by atoms with Gasteiger partial charge in [-0.3, -0.25) is 9.78 Å². The lowest BCUT2D eigenvalue weighted by molar-refractivity contribution is -0.113. The lowest BCUT2D eigenvalue weighted by Gasteiger charge is -2.06. The predicted molar refractivity (Wildman–Crippen MR) is 93.1 cm³/mol. The number of rotatable bonds is 5. The van der Waals surface area contributed by atoms with Gasteiger partial charge >= 0.3 is 0 Å². The molecule has 0 aliphatic rings. The van der Waals surface area contributed by atoms with Crippen LogP contribution in [0.15, 0.2) is 52.4 Å². The van der Waals surface area contributed by atoms with Crippen LogP contribution in [-0.4, -0.2) is 26.8 Å². The molecule has 2 aromatic heterocycles. The molecule has 0 radical (unpaired) electrons. The summed E-state index contributed by atoms with van der Waals surface area (Å²) in [6, 6.07) is 8.99. The van der Waals surface area contributed by atoms with E-state index in [4.69, 9.17) is 16.0 Å². The number of benzene rings is 1. The Balaban J connectivity index is 1.58. The number of aromatic nitrogens is 3. The van der Waals surface area contributed by atoms with Gasteiger partial charge in [-0.15, -0.1) is 10.2 Å². The van der Waals surface area contributed by atoms with Crippen molar-refractivity contribution >= 4 is 35.0 Å². The van der Waals surface area contributed by atoms with Crippen LogP contribution in [0, 0.1) is 6.92 Å². The van der Waals surface area contributed by atoms with Crippen molar-refractivity contribution in [2.24, 2.45) is 0 Å². The molecule has 8 heteroatoms. The SMILES string of the molecule is Cc1ccc(NC(=O)CSc2nnc(-c3ccncc3)o2)c(Cl)c1. The zero-order valence-electron chi connectivity index (χ0n) is 12.7. The van der Waals surface area contributed by atoms with Gasteiger partial charge in [0.1, 0.15) is 0 Å². The van der Waals surface area contributed by atoms with E-state index >= 15 is 0 Å². The van der Waals surface area contributed by atoms with Crippen molar-refractivity contribution in [2.75, 3.05) is 11.1 Å². The molecule has 3 aromatic rings. The molecule has 3 rings (SSSR count). The number of hydrogen-bond donors (Lipinski definition) is 1. The number of pyridine rings is 1. The fourth-order valence-electron chi connectivity index (χ4n) is 1.91. The predicted octanol–water partition coefficient (Wildman–Crippen LogP) is 3.82. The van der Waals surface area contributed by atoms with Crippen LogP contribution in [-0.2, 0) is 4.79 Å². The number of halogens is 1.